The molecular formula is C13H18N4O3S. The van der Waals surface area contributed by atoms with E-state index in [9.17, 15) is 8.42 Å². The van der Waals surface area contributed by atoms with Gasteiger partial charge >= 0.3 is 0 Å². The first-order valence-electron chi connectivity index (χ1n) is 6.35. The molecule has 0 unspecified atom stereocenters. The molecule has 0 saturated heterocycles. The van der Waals surface area contributed by atoms with Crippen molar-refractivity contribution >= 4 is 21.5 Å². The van der Waals surface area contributed by atoms with E-state index in [0.717, 1.165) is 5.69 Å². The van der Waals surface area contributed by atoms with Crippen LogP contribution in [-0.4, -0.2) is 25.7 Å². The van der Waals surface area contributed by atoms with Gasteiger partial charge in [0, 0.05) is 23.5 Å². The summed E-state index contributed by atoms with van der Waals surface area (Å²) < 4.78 is 32.3. The molecule has 2 aromatic rings. The summed E-state index contributed by atoms with van der Waals surface area (Å²) in [5, 5.41) is 6.73. The van der Waals surface area contributed by atoms with Crippen LogP contribution in [-0.2, 0) is 10.0 Å². The number of nitrogens with one attached hydrogen (secondary N) is 2. The van der Waals surface area contributed by atoms with Crippen LogP contribution in [0.3, 0.4) is 0 Å². The number of nitrogens with two attached hydrogens (primary N) is 1. The molecule has 0 aliphatic heterocycles. The summed E-state index contributed by atoms with van der Waals surface area (Å²) >= 11 is 0. The molecule has 1 heterocycles. The second-order valence-corrected chi connectivity index (χ2v) is 6.53. The summed E-state index contributed by atoms with van der Waals surface area (Å²) in [6, 6.07) is 6.01. The molecule has 1 aromatic carbocycles. The first kappa shape index (κ1) is 15.2. The van der Waals surface area contributed by atoms with Crippen molar-refractivity contribution in [3.63, 3.8) is 0 Å². The smallest absolute Gasteiger partial charge is 0.266 e. The summed E-state index contributed by atoms with van der Waals surface area (Å²) in [6.45, 7) is 3.96. The largest absolute Gasteiger partial charge is 0.495 e. The summed E-state index contributed by atoms with van der Waals surface area (Å²) in [5.41, 5.74) is 6.89. The molecule has 0 bridgehead atoms. The van der Waals surface area contributed by atoms with Gasteiger partial charge in [0.25, 0.3) is 10.0 Å². The van der Waals surface area contributed by atoms with E-state index in [-0.39, 0.29) is 22.4 Å². The van der Waals surface area contributed by atoms with E-state index in [1.165, 1.54) is 25.3 Å². The van der Waals surface area contributed by atoms with Gasteiger partial charge in [0.2, 0.25) is 0 Å². The molecule has 114 valence electrons. The molecule has 0 aliphatic rings. The Kier molecular flexibility index (Phi) is 4.08. The minimum Gasteiger partial charge on any atom is -0.495 e. The third-order valence-corrected chi connectivity index (χ3v) is 4.33. The molecule has 0 fully saturated rings. The van der Waals surface area contributed by atoms with Gasteiger partial charge in [-0.2, -0.15) is 5.10 Å². The lowest BCUT2D eigenvalue weighted by molar-refractivity contribution is 0.403. The van der Waals surface area contributed by atoms with Crippen molar-refractivity contribution in [2.24, 2.45) is 0 Å². The quantitative estimate of drug-likeness (QED) is 0.731. The zero-order valence-corrected chi connectivity index (χ0v) is 12.9. The highest BCUT2D eigenvalue weighted by Gasteiger charge is 2.21. The van der Waals surface area contributed by atoms with Crippen LogP contribution in [0.4, 0.5) is 11.5 Å². The van der Waals surface area contributed by atoms with Crippen LogP contribution in [0.5, 0.6) is 5.75 Å². The number of anilines is 2. The molecule has 1 aromatic heterocycles. The van der Waals surface area contributed by atoms with Crippen molar-refractivity contribution in [2.45, 2.75) is 24.7 Å². The maximum absolute atomic E-state index is 12.4. The highest BCUT2D eigenvalue weighted by molar-refractivity contribution is 7.92. The number of rotatable bonds is 5. The van der Waals surface area contributed by atoms with Crippen LogP contribution < -0.4 is 15.2 Å². The first-order valence-corrected chi connectivity index (χ1v) is 7.83. The number of nitrogen functional groups attached to an aromatic ring is 1. The maximum Gasteiger partial charge on any atom is 0.266 e. The number of benzene rings is 1. The topological polar surface area (TPSA) is 110 Å². The molecule has 2 rings (SSSR count). The Hall–Kier alpha value is -2.22. The Balaban J connectivity index is 2.33. The lowest BCUT2D eigenvalue weighted by atomic mass is 10.1. The Morgan fingerprint density at radius 3 is 2.62 bits per heavy atom. The van der Waals surface area contributed by atoms with Crippen molar-refractivity contribution in [1.82, 2.24) is 10.2 Å². The normalized spacial score (nSPS) is 11.6. The Morgan fingerprint density at radius 2 is 2.05 bits per heavy atom. The lowest BCUT2D eigenvalue weighted by Gasteiger charge is -2.10. The number of hydrogen-bond acceptors (Lipinski definition) is 5. The second-order valence-electron chi connectivity index (χ2n) is 4.88. The predicted molar refractivity (Wildman–Crippen MR) is 80.9 cm³/mol. The van der Waals surface area contributed by atoms with E-state index in [0.29, 0.717) is 5.69 Å². The van der Waals surface area contributed by atoms with Gasteiger partial charge in [0.15, 0.2) is 5.82 Å². The molecule has 0 saturated carbocycles. The highest BCUT2D eigenvalue weighted by Crippen LogP contribution is 2.27. The minimum absolute atomic E-state index is 0.00768. The van der Waals surface area contributed by atoms with Crippen LogP contribution in [0.2, 0.25) is 0 Å². The van der Waals surface area contributed by atoms with Crippen molar-refractivity contribution in [3.05, 3.63) is 30.0 Å². The molecule has 21 heavy (non-hydrogen) atoms. The van der Waals surface area contributed by atoms with Gasteiger partial charge in [0.1, 0.15) is 10.6 Å². The standard InChI is InChI=1S/C13H18N4O3S/c1-8(2)10-7-13(16-15-10)17-21(18,19)12-5-4-9(14)6-11(12)20-3/h4-8H,14H2,1-3H3,(H2,15,16,17). The van der Waals surface area contributed by atoms with Gasteiger partial charge in [-0.05, 0) is 18.1 Å². The molecule has 7 nitrogen and oxygen atoms in total. The molecule has 0 spiro atoms. The molecule has 0 radical (unpaired) electrons. The molecule has 4 N–H and O–H groups in total. The van der Waals surface area contributed by atoms with Crippen molar-refractivity contribution < 1.29 is 13.2 Å². The number of aromatic amines is 1. The molecule has 0 atom stereocenters. The number of sulfonamides is 1. The van der Waals surface area contributed by atoms with Crippen LogP contribution >= 0.6 is 0 Å². The van der Waals surface area contributed by atoms with Crippen LogP contribution in [0, 0.1) is 0 Å². The Labute approximate surface area is 123 Å². The van der Waals surface area contributed by atoms with E-state index in [4.69, 9.17) is 10.5 Å². The van der Waals surface area contributed by atoms with Crippen molar-refractivity contribution in [1.29, 1.82) is 0 Å². The maximum atomic E-state index is 12.4. The van der Waals surface area contributed by atoms with Gasteiger partial charge in [-0.15, -0.1) is 0 Å². The van der Waals surface area contributed by atoms with Gasteiger partial charge in [0.05, 0.1) is 7.11 Å². The summed E-state index contributed by atoms with van der Waals surface area (Å²) in [5.74, 6) is 0.640. The van der Waals surface area contributed by atoms with E-state index < -0.39 is 10.0 Å². The molecule has 0 amide bonds. The Bertz CT molecular complexity index is 738. The third-order valence-electron chi connectivity index (χ3n) is 2.94. The summed E-state index contributed by atoms with van der Waals surface area (Å²) in [7, 11) is -2.41. The molecular weight excluding hydrogens is 292 g/mol. The fourth-order valence-electron chi connectivity index (χ4n) is 1.78. The van der Waals surface area contributed by atoms with Crippen molar-refractivity contribution in [3.8, 4) is 5.75 Å². The number of H-pyrrole nitrogens is 1. The average molecular weight is 310 g/mol. The van der Waals surface area contributed by atoms with Crippen LogP contribution in [0.1, 0.15) is 25.5 Å². The second kappa shape index (κ2) is 5.65. The monoisotopic (exact) mass is 310 g/mol. The summed E-state index contributed by atoms with van der Waals surface area (Å²) in [6.07, 6.45) is 0. The fourth-order valence-corrected chi connectivity index (χ4v) is 2.93. The number of nitrogens with zero attached hydrogens (tertiary/aromatic N) is 1. The van der Waals surface area contributed by atoms with E-state index in [1.807, 2.05) is 13.8 Å². The lowest BCUT2D eigenvalue weighted by Crippen LogP contribution is -2.14. The van der Waals surface area contributed by atoms with Crippen LogP contribution in [0.25, 0.3) is 0 Å². The number of hydrogen-bond donors (Lipinski definition) is 3. The van der Waals surface area contributed by atoms with Gasteiger partial charge in [-0.1, -0.05) is 13.8 Å². The number of aromatic nitrogens is 2. The van der Waals surface area contributed by atoms with Crippen LogP contribution in [0.15, 0.2) is 29.2 Å². The zero-order valence-electron chi connectivity index (χ0n) is 12.0. The van der Waals surface area contributed by atoms with E-state index >= 15 is 0 Å². The van der Waals surface area contributed by atoms with Gasteiger partial charge < -0.3 is 10.5 Å². The Morgan fingerprint density at radius 1 is 1.33 bits per heavy atom. The minimum atomic E-state index is -3.80. The average Bonchev–Trinajstić information content (AvgIpc) is 2.86. The fraction of sp³-hybridized carbons (Fsp3) is 0.308. The number of ether oxygens (including phenoxy) is 1. The third kappa shape index (κ3) is 3.27. The highest BCUT2D eigenvalue weighted by atomic mass is 32.2. The molecule has 8 heteroatoms. The molecule has 0 aliphatic carbocycles. The van der Waals surface area contributed by atoms with Gasteiger partial charge in [-0.25, -0.2) is 8.42 Å². The number of methoxy groups -OCH3 is 1. The van der Waals surface area contributed by atoms with E-state index in [2.05, 4.69) is 14.9 Å². The first-order chi connectivity index (χ1) is 9.83. The van der Waals surface area contributed by atoms with Gasteiger partial charge in [-0.3, -0.25) is 9.82 Å². The predicted octanol–water partition coefficient (Wildman–Crippen LogP) is 1.92. The zero-order chi connectivity index (χ0) is 15.6. The van der Waals surface area contributed by atoms with Crippen molar-refractivity contribution in [2.75, 3.05) is 17.6 Å². The SMILES string of the molecule is COc1cc(N)ccc1S(=O)(=O)Nc1cc(C(C)C)[nH]n1. The summed E-state index contributed by atoms with van der Waals surface area (Å²) in [4.78, 5) is 0.00768. The van der Waals surface area contributed by atoms with E-state index in [1.54, 1.807) is 6.07 Å².